The van der Waals surface area contributed by atoms with Gasteiger partial charge in [-0.3, -0.25) is 0 Å². The van der Waals surface area contributed by atoms with Crippen molar-refractivity contribution in [2.45, 2.75) is 20.8 Å². The maximum Gasteiger partial charge on any atom is 0.0718 e. The first-order chi connectivity index (χ1) is 10.7. The van der Waals surface area contributed by atoms with Gasteiger partial charge in [0.15, 0.2) is 0 Å². The Morgan fingerprint density at radius 2 is 1.50 bits per heavy atom. The first-order valence-electron chi connectivity index (χ1n) is 7.83. The molecule has 0 heterocycles. The largest absolute Gasteiger partial charge is 0.379 e. The molecule has 0 aliphatic heterocycles. The molecule has 3 nitrogen and oxygen atoms in total. The van der Waals surface area contributed by atoms with Crippen molar-refractivity contribution in [3.05, 3.63) is 48.0 Å². The lowest BCUT2D eigenvalue weighted by molar-refractivity contribution is 0.0231. The highest BCUT2D eigenvalue weighted by Crippen LogP contribution is 2.18. The second-order valence-corrected chi connectivity index (χ2v) is 5.01. The van der Waals surface area contributed by atoms with Gasteiger partial charge in [-0.2, -0.15) is 0 Å². The average molecular weight is 304 g/mol. The van der Waals surface area contributed by atoms with Crippen LogP contribution in [0.3, 0.4) is 0 Å². The van der Waals surface area contributed by atoms with Crippen LogP contribution < -0.4 is 0 Å². The van der Waals surface area contributed by atoms with Gasteiger partial charge in [-0.15, -0.1) is 0 Å². The maximum absolute atomic E-state index is 5.58. The molecule has 0 amide bonds. The summed E-state index contributed by atoms with van der Waals surface area (Å²) in [5.41, 5.74) is 4.61. The van der Waals surface area contributed by atoms with Gasteiger partial charge in [0.1, 0.15) is 0 Å². The van der Waals surface area contributed by atoms with E-state index in [-0.39, 0.29) is 0 Å². The molecule has 0 bridgehead atoms. The lowest BCUT2D eigenvalue weighted by Gasteiger charge is -2.09. The third kappa shape index (κ3) is 7.03. The molecule has 1 aromatic rings. The van der Waals surface area contributed by atoms with Crippen LogP contribution in [0.4, 0.5) is 0 Å². The highest BCUT2D eigenvalue weighted by molar-refractivity contribution is 5.69. The second kappa shape index (κ2) is 11.2. The highest BCUT2D eigenvalue weighted by Gasteiger charge is 2.01. The van der Waals surface area contributed by atoms with E-state index in [4.69, 9.17) is 14.2 Å². The first-order valence-corrected chi connectivity index (χ1v) is 7.83. The molecule has 1 aromatic carbocycles. The summed E-state index contributed by atoms with van der Waals surface area (Å²) in [7, 11) is 0. The summed E-state index contributed by atoms with van der Waals surface area (Å²) in [6.45, 7) is 13.9. The Kier molecular flexibility index (Phi) is 9.47. The van der Waals surface area contributed by atoms with Gasteiger partial charge in [-0.05, 0) is 43.0 Å². The van der Waals surface area contributed by atoms with Crippen molar-refractivity contribution >= 4 is 11.1 Å². The van der Waals surface area contributed by atoms with Crippen molar-refractivity contribution in [1.82, 2.24) is 0 Å². The molecular formula is C19H28O3. The molecule has 22 heavy (non-hydrogen) atoms. The molecule has 0 radical (unpaired) electrons. The first kappa shape index (κ1) is 18.6. The Balaban J connectivity index is 2.22. The van der Waals surface area contributed by atoms with Crippen LogP contribution >= 0.6 is 0 Å². The minimum Gasteiger partial charge on any atom is -0.379 e. The molecule has 0 aromatic heterocycles. The van der Waals surface area contributed by atoms with Gasteiger partial charge in [0.2, 0.25) is 0 Å². The van der Waals surface area contributed by atoms with Crippen LogP contribution in [-0.4, -0.2) is 39.6 Å². The van der Waals surface area contributed by atoms with E-state index in [0.29, 0.717) is 33.0 Å². The molecule has 0 atom stereocenters. The van der Waals surface area contributed by atoms with E-state index in [9.17, 15) is 0 Å². The molecule has 122 valence electrons. The van der Waals surface area contributed by atoms with Crippen molar-refractivity contribution < 1.29 is 14.2 Å². The van der Waals surface area contributed by atoms with Crippen LogP contribution in [0.2, 0.25) is 0 Å². The highest BCUT2D eigenvalue weighted by atomic mass is 16.5. The fourth-order valence-electron chi connectivity index (χ4n) is 1.90. The van der Waals surface area contributed by atoms with Gasteiger partial charge in [-0.1, -0.05) is 36.9 Å². The van der Waals surface area contributed by atoms with E-state index in [0.717, 1.165) is 17.7 Å². The summed E-state index contributed by atoms with van der Waals surface area (Å²) in [6.07, 6.45) is 2.11. The van der Waals surface area contributed by atoms with Crippen LogP contribution in [0, 0.1) is 0 Å². The fraction of sp³-hybridized carbons (Fsp3) is 0.474. The zero-order chi connectivity index (χ0) is 16.2. The summed E-state index contributed by atoms with van der Waals surface area (Å²) >= 11 is 0. The molecular weight excluding hydrogens is 276 g/mol. The van der Waals surface area contributed by atoms with E-state index in [2.05, 4.69) is 43.8 Å². The predicted octanol–water partition coefficient (Wildman–Crippen LogP) is 4.19. The Morgan fingerprint density at radius 3 is 2.09 bits per heavy atom. The van der Waals surface area contributed by atoms with Crippen molar-refractivity contribution in [1.29, 1.82) is 0 Å². The lowest BCUT2D eigenvalue weighted by Crippen LogP contribution is -2.10. The average Bonchev–Trinajstić information content (AvgIpc) is 2.56. The third-order valence-electron chi connectivity index (χ3n) is 3.41. The zero-order valence-corrected chi connectivity index (χ0v) is 14.1. The van der Waals surface area contributed by atoms with Crippen LogP contribution in [0.25, 0.3) is 11.1 Å². The molecule has 0 saturated carbocycles. The SMILES string of the molecule is C=C(COCCOCCOCC)c1ccc(/C(C)=C/C)cc1. The van der Waals surface area contributed by atoms with Gasteiger partial charge >= 0.3 is 0 Å². The van der Waals surface area contributed by atoms with E-state index >= 15 is 0 Å². The van der Waals surface area contributed by atoms with Crippen molar-refractivity contribution in [2.75, 3.05) is 39.6 Å². The summed E-state index contributed by atoms with van der Waals surface area (Å²) in [4.78, 5) is 0. The molecule has 0 saturated heterocycles. The smallest absolute Gasteiger partial charge is 0.0718 e. The summed E-state index contributed by atoms with van der Waals surface area (Å²) in [5, 5.41) is 0. The maximum atomic E-state index is 5.58. The van der Waals surface area contributed by atoms with Gasteiger partial charge in [0, 0.05) is 6.61 Å². The van der Waals surface area contributed by atoms with Gasteiger partial charge in [-0.25, -0.2) is 0 Å². The number of ether oxygens (including phenoxy) is 3. The number of allylic oxidation sites excluding steroid dienone is 2. The van der Waals surface area contributed by atoms with Gasteiger partial charge in [0.25, 0.3) is 0 Å². The zero-order valence-electron chi connectivity index (χ0n) is 14.1. The van der Waals surface area contributed by atoms with Crippen LogP contribution in [0.15, 0.2) is 36.9 Å². The molecule has 0 fully saturated rings. The summed E-state index contributed by atoms with van der Waals surface area (Å²) in [5.74, 6) is 0. The monoisotopic (exact) mass is 304 g/mol. The predicted molar refractivity (Wildman–Crippen MR) is 92.9 cm³/mol. The minimum absolute atomic E-state index is 0.525. The van der Waals surface area contributed by atoms with E-state index in [1.165, 1.54) is 11.1 Å². The number of hydrogen-bond acceptors (Lipinski definition) is 3. The van der Waals surface area contributed by atoms with Crippen molar-refractivity contribution in [3.8, 4) is 0 Å². The van der Waals surface area contributed by atoms with Crippen LogP contribution in [0.5, 0.6) is 0 Å². The Morgan fingerprint density at radius 1 is 0.955 bits per heavy atom. The van der Waals surface area contributed by atoms with E-state index in [1.807, 2.05) is 13.8 Å². The molecule has 0 spiro atoms. The van der Waals surface area contributed by atoms with E-state index < -0.39 is 0 Å². The van der Waals surface area contributed by atoms with E-state index in [1.54, 1.807) is 0 Å². The molecule has 0 aliphatic carbocycles. The van der Waals surface area contributed by atoms with Gasteiger partial charge in [0.05, 0.1) is 33.0 Å². The number of hydrogen-bond donors (Lipinski definition) is 0. The number of rotatable bonds is 11. The normalized spacial score (nSPS) is 11.7. The van der Waals surface area contributed by atoms with Crippen LogP contribution in [0.1, 0.15) is 31.9 Å². The third-order valence-corrected chi connectivity index (χ3v) is 3.41. The molecule has 1 rings (SSSR count). The van der Waals surface area contributed by atoms with Gasteiger partial charge < -0.3 is 14.2 Å². The number of benzene rings is 1. The van der Waals surface area contributed by atoms with Crippen molar-refractivity contribution in [2.24, 2.45) is 0 Å². The quantitative estimate of drug-likeness (QED) is 0.574. The minimum atomic E-state index is 0.525. The summed E-state index contributed by atoms with van der Waals surface area (Å²) < 4.78 is 16.2. The lowest BCUT2D eigenvalue weighted by atomic mass is 10.0. The van der Waals surface area contributed by atoms with Crippen molar-refractivity contribution in [3.63, 3.8) is 0 Å². The summed E-state index contributed by atoms with van der Waals surface area (Å²) in [6, 6.07) is 8.42. The Bertz CT molecular complexity index is 460. The second-order valence-electron chi connectivity index (χ2n) is 5.01. The molecule has 0 N–H and O–H groups in total. The van der Waals surface area contributed by atoms with Crippen LogP contribution in [-0.2, 0) is 14.2 Å². The fourth-order valence-corrected chi connectivity index (χ4v) is 1.90. The standard InChI is InChI=1S/C19H28O3/c1-5-16(3)18-7-9-19(10-8-18)17(4)15-22-14-13-21-12-11-20-6-2/h5,7-10H,4,6,11-15H2,1-3H3/b16-5+. The molecule has 0 aliphatic rings. The molecule has 0 unspecified atom stereocenters. The Hall–Kier alpha value is -1.42. The topological polar surface area (TPSA) is 27.7 Å². The Labute approximate surface area is 134 Å². The molecule has 3 heteroatoms.